The molecule has 1 unspecified atom stereocenters. The highest BCUT2D eigenvalue weighted by atomic mass is 127. The van der Waals surface area contributed by atoms with Crippen LogP contribution in [0.1, 0.15) is 20.3 Å². The highest BCUT2D eigenvalue weighted by Crippen LogP contribution is 2.24. The Hall–Kier alpha value is -1.16. The van der Waals surface area contributed by atoms with Gasteiger partial charge in [-0.2, -0.15) is 0 Å². The number of nitrogens with one attached hydrogen (secondary N) is 2. The molecule has 26 heavy (non-hydrogen) atoms. The van der Waals surface area contributed by atoms with Crippen molar-refractivity contribution in [2.75, 3.05) is 51.2 Å². The quantitative estimate of drug-likeness (QED) is 0.357. The van der Waals surface area contributed by atoms with Crippen molar-refractivity contribution in [3.63, 3.8) is 0 Å². The summed E-state index contributed by atoms with van der Waals surface area (Å²) in [6, 6.07) is 3.92. The van der Waals surface area contributed by atoms with Crippen LogP contribution in [-0.2, 0) is 0 Å². The highest BCUT2D eigenvalue weighted by molar-refractivity contribution is 14.0. The van der Waals surface area contributed by atoms with Crippen molar-refractivity contribution < 1.29 is 8.78 Å². The van der Waals surface area contributed by atoms with Crippen molar-refractivity contribution in [2.45, 2.75) is 26.3 Å². The number of hydrogen-bond acceptors (Lipinski definition) is 3. The zero-order chi connectivity index (χ0) is 18.2. The third kappa shape index (κ3) is 6.53. The number of guanidine groups is 1. The van der Waals surface area contributed by atoms with Gasteiger partial charge in [-0.15, -0.1) is 24.0 Å². The molecule has 1 saturated heterocycles. The van der Waals surface area contributed by atoms with Crippen LogP contribution < -0.4 is 15.5 Å². The number of rotatable bonds is 7. The Morgan fingerprint density at radius 3 is 2.65 bits per heavy atom. The number of benzene rings is 1. The van der Waals surface area contributed by atoms with Crippen LogP contribution in [0.25, 0.3) is 0 Å². The summed E-state index contributed by atoms with van der Waals surface area (Å²) in [5, 5.41) is 6.71. The van der Waals surface area contributed by atoms with Crippen LogP contribution in [0.5, 0.6) is 0 Å². The fourth-order valence-electron chi connectivity index (χ4n) is 3.09. The lowest BCUT2D eigenvalue weighted by Crippen LogP contribution is -2.46. The molecule has 0 saturated carbocycles. The van der Waals surface area contributed by atoms with Gasteiger partial charge in [-0.1, -0.05) is 13.8 Å². The molecule has 1 aromatic rings. The topological polar surface area (TPSA) is 42.9 Å². The second kappa shape index (κ2) is 11.5. The Morgan fingerprint density at radius 1 is 1.31 bits per heavy atom. The minimum absolute atomic E-state index is 0. The third-order valence-corrected chi connectivity index (χ3v) is 4.62. The van der Waals surface area contributed by atoms with Gasteiger partial charge in [0.1, 0.15) is 11.6 Å². The van der Waals surface area contributed by atoms with Gasteiger partial charge in [0.25, 0.3) is 0 Å². The van der Waals surface area contributed by atoms with E-state index in [1.54, 1.807) is 7.05 Å². The summed E-state index contributed by atoms with van der Waals surface area (Å²) in [6.07, 6.45) is 0.883. The second-order valence-electron chi connectivity index (χ2n) is 6.20. The molecule has 2 rings (SSSR count). The molecule has 1 fully saturated rings. The van der Waals surface area contributed by atoms with E-state index in [1.807, 2.05) is 4.90 Å². The van der Waals surface area contributed by atoms with Gasteiger partial charge in [0.05, 0.1) is 5.69 Å². The third-order valence-electron chi connectivity index (χ3n) is 4.62. The summed E-state index contributed by atoms with van der Waals surface area (Å²) >= 11 is 0. The molecular formula is C18H30F2IN5. The average molecular weight is 481 g/mol. The summed E-state index contributed by atoms with van der Waals surface area (Å²) in [6.45, 7) is 9.55. The maximum atomic E-state index is 13.9. The van der Waals surface area contributed by atoms with Crippen LogP contribution in [0.4, 0.5) is 14.5 Å². The SMILES string of the molecule is CCN(CC)CCNC(=NC)NC1CCN(c2ccc(F)cc2F)C1.I. The molecule has 1 heterocycles. The van der Waals surface area contributed by atoms with Crippen molar-refractivity contribution in [3.8, 4) is 0 Å². The van der Waals surface area contributed by atoms with Gasteiger partial charge in [-0.25, -0.2) is 8.78 Å². The number of anilines is 1. The smallest absolute Gasteiger partial charge is 0.191 e. The lowest BCUT2D eigenvalue weighted by atomic mass is 10.2. The number of hydrogen-bond donors (Lipinski definition) is 2. The first-order valence-electron chi connectivity index (χ1n) is 8.96. The fraction of sp³-hybridized carbons (Fsp3) is 0.611. The molecule has 1 aromatic carbocycles. The fourth-order valence-corrected chi connectivity index (χ4v) is 3.09. The van der Waals surface area contributed by atoms with E-state index in [1.165, 1.54) is 12.1 Å². The van der Waals surface area contributed by atoms with E-state index in [2.05, 4.69) is 34.4 Å². The standard InChI is InChI=1S/C18H29F2N5.HI/c1-4-24(5-2)11-9-22-18(21-3)23-15-8-10-25(13-15)17-7-6-14(19)12-16(17)20;/h6-7,12,15H,4-5,8-11,13H2,1-3H3,(H2,21,22,23);1H. The molecule has 2 N–H and O–H groups in total. The number of nitrogens with zero attached hydrogens (tertiary/aromatic N) is 3. The first-order chi connectivity index (χ1) is 12.1. The lowest BCUT2D eigenvalue weighted by molar-refractivity contribution is 0.308. The Bertz CT molecular complexity index is 581. The maximum Gasteiger partial charge on any atom is 0.191 e. The summed E-state index contributed by atoms with van der Waals surface area (Å²) in [7, 11) is 1.75. The van der Waals surface area contributed by atoms with Crippen LogP contribution in [0.2, 0.25) is 0 Å². The Balaban J connectivity index is 0.00000338. The van der Waals surface area contributed by atoms with E-state index < -0.39 is 11.6 Å². The van der Waals surface area contributed by atoms with Crippen molar-refractivity contribution in [2.24, 2.45) is 4.99 Å². The molecule has 0 bridgehead atoms. The summed E-state index contributed by atoms with van der Waals surface area (Å²) in [5.41, 5.74) is 0.454. The average Bonchev–Trinajstić information content (AvgIpc) is 3.06. The van der Waals surface area contributed by atoms with Crippen LogP contribution in [0.3, 0.4) is 0 Å². The molecule has 1 atom stereocenters. The van der Waals surface area contributed by atoms with Crippen LogP contribution in [0, 0.1) is 11.6 Å². The van der Waals surface area contributed by atoms with Crippen molar-refractivity contribution in [1.29, 1.82) is 0 Å². The van der Waals surface area contributed by atoms with Gasteiger partial charge in [0, 0.05) is 45.3 Å². The zero-order valence-electron chi connectivity index (χ0n) is 15.8. The molecule has 1 aliphatic rings. The van der Waals surface area contributed by atoms with Crippen molar-refractivity contribution >= 4 is 35.6 Å². The number of likely N-dealkylation sites (N-methyl/N-ethyl adjacent to an activating group) is 1. The van der Waals surface area contributed by atoms with E-state index in [-0.39, 0.29) is 30.0 Å². The molecule has 5 nitrogen and oxygen atoms in total. The molecular weight excluding hydrogens is 451 g/mol. The predicted molar refractivity (Wildman–Crippen MR) is 115 cm³/mol. The minimum Gasteiger partial charge on any atom is -0.367 e. The lowest BCUT2D eigenvalue weighted by Gasteiger charge is -2.22. The van der Waals surface area contributed by atoms with Gasteiger partial charge in [0.2, 0.25) is 0 Å². The molecule has 0 spiro atoms. The van der Waals surface area contributed by atoms with E-state index in [9.17, 15) is 8.78 Å². The summed E-state index contributed by atoms with van der Waals surface area (Å²) < 4.78 is 27.0. The predicted octanol–water partition coefficient (Wildman–Crippen LogP) is 2.67. The van der Waals surface area contributed by atoms with Crippen molar-refractivity contribution in [1.82, 2.24) is 15.5 Å². The van der Waals surface area contributed by atoms with Crippen LogP contribution in [-0.4, -0.2) is 63.2 Å². The second-order valence-corrected chi connectivity index (χ2v) is 6.20. The zero-order valence-corrected chi connectivity index (χ0v) is 18.1. The first kappa shape index (κ1) is 22.9. The van der Waals surface area contributed by atoms with E-state index in [4.69, 9.17) is 0 Å². The van der Waals surface area contributed by atoms with E-state index in [0.29, 0.717) is 12.2 Å². The van der Waals surface area contributed by atoms with E-state index >= 15 is 0 Å². The summed E-state index contributed by atoms with van der Waals surface area (Å²) in [4.78, 5) is 8.54. The molecule has 0 radical (unpaired) electrons. The monoisotopic (exact) mass is 481 g/mol. The Morgan fingerprint density at radius 2 is 2.04 bits per heavy atom. The van der Waals surface area contributed by atoms with E-state index in [0.717, 1.165) is 51.2 Å². The molecule has 0 aliphatic carbocycles. The van der Waals surface area contributed by atoms with Crippen LogP contribution >= 0.6 is 24.0 Å². The largest absolute Gasteiger partial charge is 0.367 e. The van der Waals surface area contributed by atoms with Gasteiger partial charge < -0.3 is 20.4 Å². The molecule has 1 aliphatic heterocycles. The summed E-state index contributed by atoms with van der Waals surface area (Å²) in [5.74, 6) is -0.297. The van der Waals surface area contributed by atoms with Gasteiger partial charge in [0.15, 0.2) is 5.96 Å². The molecule has 148 valence electrons. The first-order valence-corrected chi connectivity index (χ1v) is 8.96. The molecule has 8 heteroatoms. The number of aliphatic imine (C=N–C) groups is 1. The van der Waals surface area contributed by atoms with Gasteiger partial charge in [-0.05, 0) is 31.6 Å². The highest BCUT2D eigenvalue weighted by Gasteiger charge is 2.25. The Labute approximate surface area is 172 Å². The van der Waals surface area contributed by atoms with Crippen molar-refractivity contribution in [3.05, 3.63) is 29.8 Å². The normalized spacial score (nSPS) is 17.4. The molecule has 0 aromatic heterocycles. The Kier molecular flexibility index (Phi) is 10.1. The number of halogens is 3. The van der Waals surface area contributed by atoms with Gasteiger partial charge >= 0.3 is 0 Å². The van der Waals surface area contributed by atoms with Gasteiger partial charge in [-0.3, -0.25) is 4.99 Å². The maximum absolute atomic E-state index is 13.9. The van der Waals surface area contributed by atoms with Crippen LogP contribution in [0.15, 0.2) is 23.2 Å². The molecule has 0 amide bonds. The minimum atomic E-state index is -0.548.